The molecule has 0 aromatic rings. The van der Waals surface area contributed by atoms with Crippen molar-refractivity contribution in [2.24, 2.45) is 11.0 Å². The number of allylic oxidation sites excluding steroid dienone is 5. The molecule has 86 valence electrons. The summed E-state index contributed by atoms with van der Waals surface area (Å²) < 4.78 is 0. The SMILES string of the molecule is C=C/C=C\C=C(/C=C)N1CC(C)CC(C)=N1. The molecule has 0 spiro atoms. The molecule has 2 heteroatoms. The topological polar surface area (TPSA) is 15.6 Å². The standard InChI is InChI=1S/C14H20N2/c1-5-7-8-9-14(6-2)16-11-12(3)10-13(4)15-16/h5-9,12H,1-2,10-11H2,3-4H3/b8-7-,14-9+. The summed E-state index contributed by atoms with van der Waals surface area (Å²) in [5, 5.41) is 6.55. The van der Waals surface area contributed by atoms with Crippen molar-refractivity contribution in [3.63, 3.8) is 0 Å². The molecule has 1 aliphatic rings. The fraction of sp³-hybridized carbons (Fsp3) is 0.357. The van der Waals surface area contributed by atoms with Crippen LogP contribution in [-0.4, -0.2) is 17.3 Å². The average molecular weight is 216 g/mol. The van der Waals surface area contributed by atoms with Crippen LogP contribution in [0.4, 0.5) is 0 Å². The van der Waals surface area contributed by atoms with Gasteiger partial charge in [0.05, 0.1) is 5.70 Å². The summed E-state index contributed by atoms with van der Waals surface area (Å²) in [5.74, 6) is 0.643. The van der Waals surface area contributed by atoms with Gasteiger partial charge in [0.1, 0.15) is 0 Å². The Morgan fingerprint density at radius 2 is 2.19 bits per heavy atom. The molecule has 0 amide bonds. The Labute approximate surface area is 98.3 Å². The summed E-state index contributed by atoms with van der Waals surface area (Å²) in [5.41, 5.74) is 2.21. The van der Waals surface area contributed by atoms with Crippen LogP contribution < -0.4 is 0 Å². The van der Waals surface area contributed by atoms with Crippen molar-refractivity contribution >= 4 is 5.71 Å². The van der Waals surface area contributed by atoms with E-state index in [4.69, 9.17) is 0 Å². The lowest BCUT2D eigenvalue weighted by Crippen LogP contribution is -2.29. The van der Waals surface area contributed by atoms with Gasteiger partial charge in [-0.15, -0.1) is 0 Å². The number of rotatable bonds is 4. The highest BCUT2D eigenvalue weighted by Crippen LogP contribution is 2.18. The van der Waals surface area contributed by atoms with Crippen molar-refractivity contribution in [1.29, 1.82) is 0 Å². The fourth-order valence-corrected chi connectivity index (χ4v) is 1.81. The zero-order valence-corrected chi connectivity index (χ0v) is 10.2. The van der Waals surface area contributed by atoms with Crippen molar-refractivity contribution in [2.45, 2.75) is 20.3 Å². The Bertz CT molecular complexity index is 348. The average Bonchev–Trinajstić information content (AvgIpc) is 2.23. The first-order chi connectivity index (χ1) is 7.67. The van der Waals surface area contributed by atoms with Gasteiger partial charge >= 0.3 is 0 Å². The Morgan fingerprint density at radius 3 is 2.75 bits per heavy atom. The molecule has 1 unspecified atom stereocenters. The fourth-order valence-electron chi connectivity index (χ4n) is 1.81. The lowest BCUT2D eigenvalue weighted by Gasteiger charge is -2.29. The summed E-state index contributed by atoms with van der Waals surface area (Å²) in [6.07, 6.45) is 10.5. The summed E-state index contributed by atoms with van der Waals surface area (Å²) >= 11 is 0. The zero-order chi connectivity index (χ0) is 12.0. The van der Waals surface area contributed by atoms with E-state index in [1.54, 1.807) is 6.08 Å². The minimum atomic E-state index is 0.643. The van der Waals surface area contributed by atoms with Gasteiger partial charge in [0.2, 0.25) is 0 Å². The van der Waals surface area contributed by atoms with Crippen molar-refractivity contribution in [2.75, 3.05) is 6.54 Å². The molecule has 1 heterocycles. The van der Waals surface area contributed by atoms with E-state index in [1.165, 1.54) is 5.71 Å². The molecular formula is C14H20N2. The molecular weight excluding hydrogens is 196 g/mol. The van der Waals surface area contributed by atoms with Crippen LogP contribution in [0, 0.1) is 5.92 Å². The summed E-state index contributed by atoms with van der Waals surface area (Å²) in [6.45, 7) is 12.7. The van der Waals surface area contributed by atoms with Gasteiger partial charge in [-0.25, -0.2) is 0 Å². The maximum atomic E-state index is 4.53. The first kappa shape index (κ1) is 12.5. The minimum Gasteiger partial charge on any atom is -0.265 e. The van der Waals surface area contributed by atoms with Crippen molar-refractivity contribution in [1.82, 2.24) is 5.01 Å². The highest BCUT2D eigenvalue weighted by molar-refractivity contribution is 5.82. The van der Waals surface area contributed by atoms with E-state index in [0.717, 1.165) is 18.7 Å². The van der Waals surface area contributed by atoms with Gasteiger partial charge in [0.25, 0.3) is 0 Å². The molecule has 0 fully saturated rings. The molecule has 0 aromatic carbocycles. The molecule has 1 atom stereocenters. The third-order valence-electron chi connectivity index (χ3n) is 2.44. The number of hydrogen-bond donors (Lipinski definition) is 0. The zero-order valence-electron chi connectivity index (χ0n) is 10.2. The second-order valence-corrected chi connectivity index (χ2v) is 4.14. The van der Waals surface area contributed by atoms with Gasteiger partial charge in [-0.2, -0.15) is 5.10 Å². The Morgan fingerprint density at radius 1 is 1.44 bits per heavy atom. The quantitative estimate of drug-likeness (QED) is 0.656. The first-order valence-electron chi connectivity index (χ1n) is 5.60. The molecule has 1 aliphatic heterocycles. The van der Waals surface area contributed by atoms with E-state index in [1.807, 2.05) is 29.3 Å². The number of hydrazone groups is 1. The van der Waals surface area contributed by atoms with Crippen molar-refractivity contribution < 1.29 is 0 Å². The van der Waals surface area contributed by atoms with Crippen LogP contribution in [0.3, 0.4) is 0 Å². The van der Waals surface area contributed by atoms with Crippen molar-refractivity contribution in [3.05, 3.63) is 49.2 Å². The van der Waals surface area contributed by atoms with Gasteiger partial charge in [0.15, 0.2) is 0 Å². The van der Waals surface area contributed by atoms with Crippen LogP contribution in [-0.2, 0) is 0 Å². The number of nitrogens with zero attached hydrogens (tertiary/aromatic N) is 2. The molecule has 0 aromatic heterocycles. The van der Waals surface area contributed by atoms with Crippen LogP contribution in [0.25, 0.3) is 0 Å². The van der Waals surface area contributed by atoms with Gasteiger partial charge in [-0.05, 0) is 31.4 Å². The van der Waals surface area contributed by atoms with Gasteiger partial charge in [-0.3, -0.25) is 5.01 Å². The molecule has 0 saturated heterocycles. The smallest absolute Gasteiger partial charge is 0.0588 e. The molecule has 0 radical (unpaired) electrons. The van der Waals surface area contributed by atoms with Crippen molar-refractivity contribution in [3.8, 4) is 0 Å². The molecule has 0 aliphatic carbocycles. The van der Waals surface area contributed by atoms with Crippen LogP contribution in [0.2, 0.25) is 0 Å². The Balaban J connectivity index is 2.84. The van der Waals surface area contributed by atoms with Crippen LogP contribution >= 0.6 is 0 Å². The second-order valence-electron chi connectivity index (χ2n) is 4.14. The third kappa shape index (κ3) is 3.54. The summed E-state index contributed by atoms with van der Waals surface area (Å²) in [4.78, 5) is 0. The van der Waals surface area contributed by atoms with E-state index in [9.17, 15) is 0 Å². The number of hydrogen-bond acceptors (Lipinski definition) is 2. The van der Waals surface area contributed by atoms with Gasteiger partial charge < -0.3 is 0 Å². The first-order valence-corrected chi connectivity index (χ1v) is 5.60. The summed E-state index contributed by atoms with van der Waals surface area (Å²) in [6, 6.07) is 0. The Hall–Kier alpha value is -1.57. The monoisotopic (exact) mass is 216 g/mol. The molecule has 16 heavy (non-hydrogen) atoms. The van der Waals surface area contributed by atoms with Crippen LogP contribution in [0.5, 0.6) is 0 Å². The summed E-state index contributed by atoms with van der Waals surface area (Å²) in [7, 11) is 0. The van der Waals surface area contributed by atoms with E-state index in [2.05, 4.69) is 32.1 Å². The molecule has 0 saturated carbocycles. The normalized spacial score (nSPS) is 22.1. The lowest BCUT2D eigenvalue weighted by molar-refractivity contribution is 0.299. The molecule has 2 nitrogen and oxygen atoms in total. The minimum absolute atomic E-state index is 0.643. The highest BCUT2D eigenvalue weighted by Gasteiger charge is 2.16. The lowest BCUT2D eigenvalue weighted by atomic mass is 10.0. The maximum absolute atomic E-state index is 4.53. The Kier molecular flexibility index (Phi) is 4.77. The van der Waals surface area contributed by atoms with Gasteiger partial charge in [-0.1, -0.05) is 38.3 Å². The van der Waals surface area contributed by atoms with E-state index >= 15 is 0 Å². The van der Waals surface area contributed by atoms with Crippen LogP contribution in [0.1, 0.15) is 20.3 Å². The molecule has 1 rings (SSSR count). The predicted molar refractivity (Wildman–Crippen MR) is 71.2 cm³/mol. The molecule has 0 bridgehead atoms. The van der Waals surface area contributed by atoms with E-state index in [-0.39, 0.29) is 0 Å². The second kappa shape index (κ2) is 6.11. The third-order valence-corrected chi connectivity index (χ3v) is 2.44. The predicted octanol–water partition coefficient (Wildman–Crippen LogP) is 3.52. The maximum Gasteiger partial charge on any atom is 0.0588 e. The largest absolute Gasteiger partial charge is 0.265 e. The highest BCUT2D eigenvalue weighted by atomic mass is 15.5. The van der Waals surface area contributed by atoms with Crippen LogP contribution in [0.15, 0.2) is 54.3 Å². The molecule has 0 N–H and O–H groups in total. The van der Waals surface area contributed by atoms with E-state index < -0.39 is 0 Å². The van der Waals surface area contributed by atoms with E-state index in [0.29, 0.717) is 5.92 Å². The van der Waals surface area contributed by atoms with Gasteiger partial charge in [0, 0.05) is 12.3 Å².